The molecule has 1 aromatic heterocycles. The second kappa shape index (κ2) is 2.44. The van der Waals surface area contributed by atoms with Gasteiger partial charge in [0.2, 0.25) is 0 Å². The van der Waals surface area contributed by atoms with E-state index in [0.29, 0.717) is 6.04 Å². The van der Waals surface area contributed by atoms with Crippen LogP contribution in [0.15, 0.2) is 18.5 Å². The number of rotatable bonds is 1. The molecule has 2 heteroatoms. The standard InChI is InChI=1S/C7H10ClN/c1-6(2)9-4-3-7(8)5-9/h3-6H,1-2H3. The van der Waals surface area contributed by atoms with Gasteiger partial charge in [-0.1, -0.05) is 11.6 Å². The van der Waals surface area contributed by atoms with E-state index >= 15 is 0 Å². The molecule has 0 spiro atoms. The molecule has 50 valence electrons. The molecule has 0 aromatic carbocycles. The first kappa shape index (κ1) is 6.69. The van der Waals surface area contributed by atoms with Gasteiger partial charge in [-0.25, -0.2) is 0 Å². The van der Waals surface area contributed by atoms with Crippen LogP contribution in [0, 0.1) is 0 Å². The van der Waals surface area contributed by atoms with Crippen molar-refractivity contribution in [3.63, 3.8) is 0 Å². The van der Waals surface area contributed by atoms with Gasteiger partial charge in [-0.05, 0) is 19.9 Å². The summed E-state index contributed by atoms with van der Waals surface area (Å²) in [6.45, 7) is 4.24. The Morgan fingerprint density at radius 2 is 2.22 bits per heavy atom. The number of nitrogens with zero attached hydrogens (tertiary/aromatic N) is 1. The van der Waals surface area contributed by atoms with Crippen molar-refractivity contribution in [1.82, 2.24) is 4.57 Å². The zero-order chi connectivity index (χ0) is 6.85. The fourth-order valence-corrected chi connectivity index (χ4v) is 0.876. The SMILES string of the molecule is CC(C)n1ccc(Cl)c1. The van der Waals surface area contributed by atoms with Gasteiger partial charge in [-0.2, -0.15) is 0 Å². The molecule has 0 bridgehead atoms. The normalized spacial score (nSPS) is 10.7. The minimum Gasteiger partial charge on any atom is -0.350 e. The fraction of sp³-hybridized carbons (Fsp3) is 0.429. The van der Waals surface area contributed by atoms with Crippen LogP contribution in [0.4, 0.5) is 0 Å². The lowest BCUT2D eigenvalue weighted by Crippen LogP contribution is -1.94. The van der Waals surface area contributed by atoms with Gasteiger partial charge in [-0.15, -0.1) is 0 Å². The highest BCUT2D eigenvalue weighted by molar-refractivity contribution is 6.30. The van der Waals surface area contributed by atoms with Crippen molar-refractivity contribution in [1.29, 1.82) is 0 Å². The second-order valence-corrected chi connectivity index (χ2v) is 2.81. The van der Waals surface area contributed by atoms with E-state index < -0.39 is 0 Å². The van der Waals surface area contributed by atoms with Crippen molar-refractivity contribution < 1.29 is 0 Å². The Bertz CT molecular complexity index is 191. The van der Waals surface area contributed by atoms with Crippen molar-refractivity contribution in [2.24, 2.45) is 0 Å². The summed E-state index contributed by atoms with van der Waals surface area (Å²) in [6, 6.07) is 2.40. The zero-order valence-corrected chi connectivity index (χ0v) is 6.39. The molecule has 0 aliphatic carbocycles. The largest absolute Gasteiger partial charge is 0.350 e. The molecular formula is C7H10ClN. The second-order valence-electron chi connectivity index (χ2n) is 2.37. The maximum absolute atomic E-state index is 5.68. The van der Waals surface area contributed by atoms with Gasteiger partial charge >= 0.3 is 0 Å². The van der Waals surface area contributed by atoms with Crippen LogP contribution in [0.5, 0.6) is 0 Å². The van der Waals surface area contributed by atoms with Gasteiger partial charge in [0, 0.05) is 18.4 Å². The minimum absolute atomic E-state index is 0.512. The lowest BCUT2D eigenvalue weighted by atomic mass is 10.4. The molecule has 0 unspecified atom stereocenters. The molecule has 1 nitrogen and oxygen atoms in total. The lowest BCUT2D eigenvalue weighted by Gasteiger charge is -2.04. The van der Waals surface area contributed by atoms with Crippen LogP contribution < -0.4 is 0 Å². The van der Waals surface area contributed by atoms with Gasteiger partial charge < -0.3 is 4.57 Å². The topological polar surface area (TPSA) is 4.93 Å². The minimum atomic E-state index is 0.512. The average molecular weight is 144 g/mol. The molecule has 0 saturated heterocycles. The summed E-state index contributed by atoms with van der Waals surface area (Å²) in [6.07, 6.45) is 3.90. The first-order valence-electron chi connectivity index (χ1n) is 3.03. The molecule has 0 saturated carbocycles. The maximum Gasteiger partial charge on any atom is 0.0582 e. The van der Waals surface area contributed by atoms with Gasteiger partial charge in [0.25, 0.3) is 0 Å². The summed E-state index contributed by atoms with van der Waals surface area (Å²) < 4.78 is 2.07. The number of halogens is 1. The third-order valence-electron chi connectivity index (χ3n) is 1.27. The monoisotopic (exact) mass is 143 g/mol. The molecule has 0 amide bonds. The van der Waals surface area contributed by atoms with Crippen molar-refractivity contribution in [3.8, 4) is 0 Å². The maximum atomic E-state index is 5.68. The molecule has 1 heterocycles. The van der Waals surface area contributed by atoms with Crippen LogP contribution in [0.1, 0.15) is 19.9 Å². The summed E-state index contributed by atoms with van der Waals surface area (Å²) in [5, 5.41) is 0.809. The highest BCUT2D eigenvalue weighted by atomic mass is 35.5. The first-order chi connectivity index (χ1) is 4.20. The molecule has 0 aliphatic heterocycles. The molecule has 0 aliphatic rings. The van der Waals surface area contributed by atoms with Gasteiger partial charge in [0.15, 0.2) is 0 Å². The summed E-state index contributed by atoms with van der Waals surface area (Å²) in [5.41, 5.74) is 0. The van der Waals surface area contributed by atoms with Crippen LogP contribution >= 0.6 is 11.6 Å². The summed E-state index contributed by atoms with van der Waals surface area (Å²) in [4.78, 5) is 0. The fourth-order valence-electron chi connectivity index (χ4n) is 0.707. The van der Waals surface area contributed by atoms with Crippen molar-refractivity contribution in [2.45, 2.75) is 19.9 Å². The van der Waals surface area contributed by atoms with Gasteiger partial charge in [-0.3, -0.25) is 0 Å². The van der Waals surface area contributed by atoms with E-state index in [2.05, 4.69) is 18.4 Å². The molecular weight excluding hydrogens is 134 g/mol. The van der Waals surface area contributed by atoms with Crippen LogP contribution in [-0.4, -0.2) is 4.57 Å². The molecule has 1 rings (SSSR count). The van der Waals surface area contributed by atoms with Crippen molar-refractivity contribution >= 4 is 11.6 Å². The van der Waals surface area contributed by atoms with Crippen LogP contribution in [0.2, 0.25) is 5.02 Å². The smallest absolute Gasteiger partial charge is 0.0582 e. The third-order valence-corrected chi connectivity index (χ3v) is 1.50. The van der Waals surface area contributed by atoms with Crippen LogP contribution in [0.3, 0.4) is 0 Å². The van der Waals surface area contributed by atoms with E-state index in [1.54, 1.807) is 0 Å². The Kier molecular flexibility index (Phi) is 1.81. The first-order valence-corrected chi connectivity index (χ1v) is 3.41. The molecule has 0 atom stereocenters. The highest BCUT2D eigenvalue weighted by Gasteiger charge is 1.95. The quantitative estimate of drug-likeness (QED) is 0.570. The van der Waals surface area contributed by atoms with E-state index in [1.807, 2.05) is 18.5 Å². The number of hydrogen-bond acceptors (Lipinski definition) is 0. The molecule has 0 radical (unpaired) electrons. The Balaban J connectivity index is 2.85. The highest BCUT2D eigenvalue weighted by Crippen LogP contribution is 2.12. The van der Waals surface area contributed by atoms with Crippen LogP contribution in [0.25, 0.3) is 0 Å². The molecule has 0 fully saturated rings. The van der Waals surface area contributed by atoms with Gasteiger partial charge in [0.05, 0.1) is 5.02 Å². The summed E-state index contributed by atoms with van der Waals surface area (Å²) in [5.74, 6) is 0. The predicted molar refractivity (Wildman–Crippen MR) is 39.8 cm³/mol. The molecule has 0 N–H and O–H groups in total. The van der Waals surface area contributed by atoms with E-state index in [-0.39, 0.29) is 0 Å². The van der Waals surface area contributed by atoms with E-state index in [0.717, 1.165) is 5.02 Å². The van der Waals surface area contributed by atoms with E-state index in [9.17, 15) is 0 Å². The van der Waals surface area contributed by atoms with E-state index in [4.69, 9.17) is 11.6 Å². The molecule has 1 aromatic rings. The average Bonchev–Trinajstić information content (AvgIpc) is 2.14. The predicted octanol–water partition coefficient (Wildman–Crippen LogP) is 2.72. The Labute approximate surface area is 60.2 Å². The third kappa shape index (κ3) is 1.49. The Morgan fingerprint density at radius 3 is 2.44 bits per heavy atom. The Morgan fingerprint density at radius 1 is 1.56 bits per heavy atom. The zero-order valence-electron chi connectivity index (χ0n) is 5.63. The van der Waals surface area contributed by atoms with E-state index in [1.165, 1.54) is 0 Å². The summed E-state index contributed by atoms with van der Waals surface area (Å²) in [7, 11) is 0. The number of aromatic nitrogens is 1. The lowest BCUT2D eigenvalue weighted by molar-refractivity contribution is 0.604. The van der Waals surface area contributed by atoms with Crippen molar-refractivity contribution in [3.05, 3.63) is 23.5 Å². The summed E-state index contributed by atoms with van der Waals surface area (Å²) >= 11 is 5.68. The Hall–Kier alpha value is -0.430. The van der Waals surface area contributed by atoms with Crippen LogP contribution in [-0.2, 0) is 0 Å². The van der Waals surface area contributed by atoms with Gasteiger partial charge in [0.1, 0.15) is 0 Å². The number of hydrogen-bond donors (Lipinski definition) is 0. The van der Waals surface area contributed by atoms with Crippen molar-refractivity contribution in [2.75, 3.05) is 0 Å². The molecule has 9 heavy (non-hydrogen) atoms.